The Labute approximate surface area is 118 Å². The van der Waals surface area contributed by atoms with Gasteiger partial charge >= 0.3 is 5.97 Å². The van der Waals surface area contributed by atoms with Gasteiger partial charge in [-0.3, -0.25) is 9.59 Å². The molecule has 0 aromatic carbocycles. The van der Waals surface area contributed by atoms with Gasteiger partial charge in [-0.15, -0.1) is 0 Å². The first kappa shape index (κ1) is 16.3. The van der Waals surface area contributed by atoms with Crippen molar-refractivity contribution in [1.29, 1.82) is 0 Å². The van der Waals surface area contributed by atoms with Crippen LogP contribution in [-0.4, -0.2) is 41.6 Å². The Morgan fingerprint density at radius 2 is 2.00 bits per heavy atom. The molecule has 0 bridgehead atoms. The fourth-order valence-electron chi connectivity index (χ4n) is 2.37. The highest BCUT2D eigenvalue weighted by molar-refractivity contribution is 7.98. The van der Waals surface area contributed by atoms with E-state index in [-0.39, 0.29) is 11.8 Å². The summed E-state index contributed by atoms with van der Waals surface area (Å²) in [5.74, 6) is 0.303. The summed E-state index contributed by atoms with van der Waals surface area (Å²) in [6, 6.07) is -0.428. The van der Waals surface area contributed by atoms with Crippen LogP contribution in [0, 0.1) is 11.8 Å². The Hall–Kier alpha value is -0.750. The van der Waals surface area contributed by atoms with E-state index in [2.05, 4.69) is 5.32 Å². The molecule has 0 aromatic rings. The van der Waals surface area contributed by atoms with Crippen LogP contribution in [0.2, 0.25) is 0 Å². The number of hydrogen-bond acceptors (Lipinski definition) is 4. The third-order valence-corrected chi connectivity index (χ3v) is 4.37. The lowest BCUT2D eigenvalue weighted by Crippen LogP contribution is -2.43. The van der Waals surface area contributed by atoms with Crippen LogP contribution in [0.15, 0.2) is 0 Å². The number of carboxylic acid groups (broad SMARTS) is 1. The van der Waals surface area contributed by atoms with E-state index in [1.54, 1.807) is 11.8 Å². The molecule has 0 unspecified atom stereocenters. The lowest BCUT2D eigenvalue weighted by atomic mass is 9.82. The van der Waals surface area contributed by atoms with E-state index in [1.165, 1.54) is 0 Å². The highest BCUT2D eigenvalue weighted by Gasteiger charge is 2.26. The Bertz CT molecular complexity index is 304. The predicted molar refractivity (Wildman–Crippen MR) is 77.1 cm³/mol. The number of thioether (sulfide) groups is 1. The molecule has 0 aliphatic heterocycles. The zero-order chi connectivity index (χ0) is 14.3. The molecule has 5 nitrogen and oxygen atoms in total. The summed E-state index contributed by atoms with van der Waals surface area (Å²) in [5, 5.41) is 11.8. The van der Waals surface area contributed by atoms with E-state index in [1.807, 2.05) is 6.26 Å². The third-order valence-electron chi connectivity index (χ3n) is 3.73. The number of carbonyl (C=O) groups is 2. The molecule has 19 heavy (non-hydrogen) atoms. The largest absolute Gasteiger partial charge is 0.481 e. The van der Waals surface area contributed by atoms with Crippen molar-refractivity contribution in [3.8, 4) is 0 Å². The molecule has 0 aromatic heterocycles. The molecule has 1 aliphatic rings. The summed E-state index contributed by atoms with van der Waals surface area (Å²) in [6.07, 6.45) is 5.86. The molecule has 0 saturated heterocycles. The normalized spacial score (nSPS) is 24.7. The summed E-state index contributed by atoms with van der Waals surface area (Å²) >= 11 is 1.68. The highest BCUT2D eigenvalue weighted by atomic mass is 32.2. The van der Waals surface area contributed by atoms with Crippen molar-refractivity contribution in [3.63, 3.8) is 0 Å². The lowest BCUT2D eigenvalue weighted by Gasteiger charge is -2.26. The number of carboxylic acids is 1. The molecule has 1 rings (SSSR count). The molecule has 1 aliphatic carbocycles. The molecule has 0 heterocycles. The van der Waals surface area contributed by atoms with Crippen LogP contribution in [0.1, 0.15) is 32.1 Å². The van der Waals surface area contributed by atoms with Gasteiger partial charge in [-0.25, -0.2) is 0 Å². The van der Waals surface area contributed by atoms with Crippen molar-refractivity contribution in [2.75, 3.05) is 18.6 Å². The Morgan fingerprint density at radius 1 is 1.37 bits per heavy atom. The quantitative estimate of drug-likeness (QED) is 0.652. The number of amides is 1. The van der Waals surface area contributed by atoms with Crippen LogP contribution in [0.3, 0.4) is 0 Å². The second kappa shape index (κ2) is 8.43. The zero-order valence-electron chi connectivity index (χ0n) is 11.4. The first-order chi connectivity index (χ1) is 9.04. The highest BCUT2D eigenvalue weighted by Crippen LogP contribution is 2.28. The average Bonchev–Trinajstić information content (AvgIpc) is 2.42. The molecule has 0 radical (unpaired) electrons. The van der Waals surface area contributed by atoms with Gasteiger partial charge in [-0.1, -0.05) is 0 Å². The van der Waals surface area contributed by atoms with Crippen molar-refractivity contribution in [3.05, 3.63) is 0 Å². The van der Waals surface area contributed by atoms with Crippen molar-refractivity contribution < 1.29 is 14.7 Å². The number of aliphatic carboxylic acids is 1. The van der Waals surface area contributed by atoms with Gasteiger partial charge in [0.05, 0.1) is 12.0 Å². The maximum absolute atomic E-state index is 11.7. The van der Waals surface area contributed by atoms with Gasteiger partial charge in [0.25, 0.3) is 0 Å². The third kappa shape index (κ3) is 5.82. The summed E-state index contributed by atoms with van der Waals surface area (Å²) in [7, 11) is 0. The molecule has 1 atom stereocenters. The number of hydrogen-bond donors (Lipinski definition) is 3. The summed E-state index contributed by atoms with van der Waals surface area (Å²) < 4.78 is 0. The minimum absolute atomic E-state index is 0.0885. The van der Waals surface area contributed by atoms with Crippen molar-refractivity contribution in [2.24, 2.45) is 17.6 Å². The summed E-state index contributed by atoms with van der Waals surface area (Å²) in [5.41, 5.74) is 5.78. The Balaban J connectivity index is 2.19. The van der Waals surface area contributed by atoms with Crippen LogP contribution in [0.25, 0.3) is 0 Å². The van der Waals surface area contributed by atoms with Crippen molar-refractivity contribution >= 4 is 23.6 Å². The fraction of sp³-hybridized carbons (Fsp3) is 0.846. The minimum Gasteiger partial charge on any atom is -0.481 e. The van der Waals surface area contributed by atoms with Crippen LogP contribution in [0.5, 0.6) is 0 Å². The monoisotopic (exact) mass is 288 g/mol. The average molecular weight is 288 g/mol. The van der Waals surface area contributed by atoms with Gasteiger partial charge in [0.2, 0.25) is 5.91 Å². The number of rotatable bonds is 7. The van der Waals surface area contributed by atoms with E-state index in [4.69, 9.17) is 10.8 Å². The fourth-order valence-corrected chi connectivity index (χ4v) is 2.86. The minimum atomic E-state index is -0.693. The van der Waals surface area contributed by atoms with Crippen LogP contribution in [-0.2, 0) is 9.59 Å². The van der Waals surface area contributed by atoms with Crippen LogP contribution in [0.4, 0.5) is 0 Å². The number of nitrogens with two attached hydrogens (primary N) is 1. The van der Waals surface area contributed by atoms with Crippen LogP contribution >= 0.6 is 11.8 Å². The summed E-state index contributed by atoms with van der Waals surface area (Å²) in [6.45, 7) is 0.623. The van der Waals surface area contributed by atoms with Crippen molar-refractivity contribution in [1.82, 2.24) is 5.32 Å². The van der Waals surface area contributed by atoms with E-state index in [9.17, 15) is 9.59 Å². The van der Waals surface area contributed by atoms with E-state index < -0.39 is 12.0 Å². The SMILES string of the molecule is CSCC[C@@H](N)C(=O)NCC1CCC(C(=O)O)CC1. The predicted octanol–water partition coefficient (Wildman–Crippen LogP) is 1.07. The molecule has 110 valence electrons. The second-order valence-corrected chi connectivity index (χ2v) is 6.17. The molecule has 1 fully saturated rings. The summed E-state index contributed by atoms with van der Waals surface area (Å²) in [4.78, 5) is 22.6. The van der Waals surface area contributed by atoms with Crippen LogP contribution < -0.4 is 11.1 Å². The van der Waals surface area contributed by atoms with Gasteiger partial charge in [-0.05, 0) is 50.0 Å². The van der Waals surface area contributed by atoms with Crippen molar-refractivity contribution in [2.45, 2.75) is 38.1 Å². The van der Waals surface area contributed by atoms with E-state index >= 15 is 0 Å². The molecule has 1 saturated carbocycles. The first-order valence-electron chi connectivity index (χ1n) is 6.79. The first-order valence-corrected chi connectivity index (χ1v) is 8.19. The lowest BCUT2D eigenvalue weighted by molar-refractivity contribution is -0.143. The Morgan fingerprint density at radius 3 is 2.53 bits per heavy atom. The molecular formula is C13H24N2O3S. The molecule has 0 spiro atoms. The number of nitrogens with one attached hydrogen (secondary N) is 1. The van der Waals surface area contributed by atoms with Gasteiger partial charge in [0.15, 0.2) is 0 Å². The molecule has 6 heteroatoms. The standard InChI is InChI=1S/C13H24N2O3S/c1-19-7-6-11(14)12(16)15-8-9-2-4-10(5-3-9)13(17)18/h9-11H,2-8,14H2,1H3,(H,15,16)(H,17,18)/t9?,10?,11-/m1/s1. The topological polar surface area (TPSA) is 92.4 Å². The second-order valence-electron chi connectivity index (χ2n) is 5.19. The van der Waals surface area contributed by atoms with Gasteiger partial charge in [-0.2, -0.15) is 11.8 Å². The maximum Gasteiger partial charge on any atom is 0.306 e. The van der Waals surface area contributed by atoms with Gasteiger partial charge in [0.1, 0.15) is 0 Å². The molecule has 1 amide bonds. The molecular weight excluding hydrogens is 264 g/mol. The van der Waals surface area contributed by atoms with Gasteiger partial charge in [0, 0.05) is 6.54 Å². The smallest absolute Gasteiger partial charge is 0.306 e. The molecule has 4 N–H and O–H groups in total. The van der Waals surface area contributed by atoms with E-state index in [0.717, 1.165) is 18.6 Å². The Kier molecular flexibility index (Phi) is 7.23. The number of carbonyl (C=O) groups excluding carboxylic acids is 1. The van der Waals surface area contributed by atoms with Gasteiger partial charge < -0.3 is 16.2 Å². The zero-order valence-corrected chi connectivity index (χ0v) is 12.2. The maximum atomic E-state index is 11.7. The van der Waals surface area contributed by atoms with E-state index in [0.29, 0.717) is 31.7 Å².